The molecule has 94 valence electrons. The van der Waals surface area contributed by atoms with Crippen LogP contribution in [0.4, 0.5) is 5.69 Å². The molecule has 0 spiro atoms. The molecular weight excluding hydrogens is 287 g/mol. The molecule has 0 fully saturated rings. The van der Waals surface area contributed by atoms with E-state index < -0.39 is 5.91 Å². The standard InChI is InChI=1S/C12H6Cl2N4O/c13-10-5-9(11(14)18-17-10)12(19)16-8-3-1-2-7(4-8)6-15/h1-5H,(H,16,19). The highest BCUT2D eigenvalue weighted by molar-refractivity contribution is 6.34. The van der Waals surface area contributed by atoms with Crippen LogP contribution >= 0.6 is 23.2 Å². The van der Waals surface area contributed by atoms with Crippen LogP contribution in [0.25, 0.3) is 0 Å². The number of carbonyl (C=O) groups is 1. The number of carbonyl (C=O) groups excluding carboxylic acids is 1. The molecule has 0 aliphatic carbocycles. The largest absolute Gasteiger partial charge is 0.322 e. The summed E-state index contributed by atoms with van der Waals surface area (Å²) in [5, 5.41) is 18.5. The van der Waals surface area contributed by atoms with Crippen LogP contribution in [0.2, 0.25) is 10.3 Å². The first-order chi connectivity index (χ1) is 9.10. The van der Waals surface area contributed by atoms with Gasteiger partial charge in [0.15, 0.2) is 10.3 Å². The number of hydrogen-bond donors (Lipinski definition) is 1. The van der Waals surface area contributed by atoms with Gasteiger partial charge in [-0.25, -0.2) is 0 Å². The molecule has 5 nitrogen and oxygen atoms in total. The molecule has 1 amide bonds. The Morgan fingerprint density at radius 1 is 1.26 bits per heavy atom. The van der Waals surface area contributed by atoms with E-state index in [4.69, 9.17) is 28.5 Å². The van der Waals surface area contributed by atoms with E-state index in [0.717, 1.165) is 0 Å². The molecule has 2 rings (SSSR count). The molecule has 2 aromatic rings. The fourth-order valence-corrected chi connectivity index (χ4v) is 1.70. The third-order valence-electron chi connectivity index (χ3n) is 2.21. The molecule has 0 atom stereocenters. The van der Waals surface area contributed by atoms with Gasteiger partial charge in [0.2, 0.25) is 0 Å². The van der Waals surface area contributed by atoms with Gasteiger partial charge in [0.25, 0.3) is 5.91 Å². The molecule has 0 unspecified atom stereocenters. The zero-order valence-corrected chi connectivity index (χ0v) is 10.9. The van der Waals surface area contributed by atoms with Gasteiger partial charge in [0, 0.05) is 5.69 Å². The lowest BCUT2D eigenvalue weighted by Crippen LogP contribution is -2.13. The molecule has 1 N–H and O–H groups in total. The third kappa shape index (κ3) is 3.19. The van der Waals surface area contributed by atoms with Gasteiger partial charge in [-0.1, -0.05) is 29.3 Å². The first kappa shape index (κ1) is 13.3. The van der Waals surface area contributed by atoms with Crippen molar-refractivity contribution in [1.82, 2.24) is 10.2 Å². The Balaban J connectivity index is 2.26. The first-order valence-corrected chi connectivity index (χ1v) is 5.86. The average Bonchev–Trinajstić information content (AvgIpc) is 2.41. The highest BCUT2D eigenvalue weighted by Crippen LogP contribution is 2.18. The van der Waals surface area contributed by atoms with Gasteiger partial charge in [-0.3, -0.25) is 4.79 Å². The van der Waals surface area contributed by atoms with E-state index in [0.29, 0.717) is 11.3 Å². The number of benzene rings is 1. The topological polar surface area (TPSA) is 78.7 Å². The maximum absolute atomic E-state index is 12.0. The maximum Gasteiger partial charge on any atom is 0.258 e. The maximum atomic E-state index is 12.0. The lowest BCUT2D eigenvalue weighted by molar-refractivity contribution is 0.102. The number of hydrogen-bond acceptors (Lipinski definition) is 4. The van der Waals surface area contributed by atoms with Crippen LogP contribution in [0.3, 0.4) is 0 Å². The van der Waals surface area contributed by atoms with Crippen molar-refractivity contribution in [3.8, 4) is 6.07 Å². The summed E-state index contributed by atoms with van der Waals surface area (Å²) in [4.78, 5) is 12.0. The minimum Gasteiger partial charge on any atom is -0.322 e. The van der Waals surface area contributed by atoms with E-state index in [1.165, 1.54) is 6.07 Å². The molecule has 19 heavy (non-hydrogen) atoms. The molecule has 0 aliphatic rings. The van der Waals surface area contributed by atoms with Gasteiger partial charge >= 0.3 is 0 Å². The molecule has 0 saturated carbocycles. The van der Waals surface area contributed by atoms with E-state index in [9.17, 15) is 4.79 Å². The number of halogens is 2. The molecule has 0 bridgehead atoms. The summed E-state index contributed by atoms with van der Waals surface area (Å²) in [5.74, 6) is -0.475. The molecule has 0 saturated heterocycles. The molecule has 7 heteroatoms. The van der Waals surface area contributed by atoms with Crippen molar-refractivity contribution in [2.24, 2.45) is 0 Å². The lowest BCUT2D eigenvalue weighted by Gasteiger charge is -2.06. The number of anilines is 1. The Kier molecular flexibility index (Phi) is 3.95. The van der Waals surface area contributed by atoms with E-state index in [1.54, 1.807) is 24.3 Å². The Bertz CT molecular complexity index is 682. The predicted molar refractivity (Wildman–Crippen MR) is 71.2 cm³/mol. The van der Waals surface area contributed by atoms with Gasteiger partial charge in [-0.05, 0) is 24.3 Å². The Labute approximate surface area is 118 Å². The van der Waals surface area contributed by atoms with Crippen LogP contribution in [0, 0.1) is 11.3 Å². The molecular formula is C12H6Cl2N4O. The van der Waals surface area contributed by atoms with Gasteiger partial charge in [-0.15, -0.1) is 10.2 Å². The summed E-state index contributed by atoms with van der Waals surface area (Å²) in [5.41, 5.74) is 1.03. The van der Waals surface area contributed by atoms with Crippen molar-refractivity contribution >= 4 is 34.8 Å². The zero-order valence-electron chi connectivity index (χ0n) is 9.39. The van der Waals surface area contributed by atoms with E-state index in [1.807, 2.05) is 6.07 Å². The second-order valence-corrected chi connectivity index (χ2v) is 4.26. The van der Waals surface area contributed by atoms with E-state index in [-0.39, 0.29) is 15.9 Å². The first-order valence-electron chi connectivity index (χ1n) is 5.10. The summed E-state index contributed by atoms with van der Waals surface area (Å²) in [6, 6.07) is 9.79. The minimum atomic E-state index is -0.475. The normalized spacial score (nSPS) is 9.74. The summed E-state index contributed by atoms with van der Waals surface area (Å²) in [6.45, 7) is 0. The second-order valence-electron chi connectivity index (χ2n) is 3.52. The van der Waals surface area contributed by atoms with Gasteiger partial charge in [0.1, 0.15) is 0 Å². The summed E-state index contributed by atoms with van der Waals surface area (Å²) < 4.78 is 0. The van der Waals surface area contributed by atoms with Crippen LogP contribution in [0.15, 0.2) is 30.3 Å². The van der Waals surface area contributed by atoms with Crippen LogP contribution in [-0.4, -0.2) is 16.1 Å². The average molecular weight is 293 g/mol. The van der Waals surface area contributed by atoms with Crippen LogP contribution in [0.1, 0.15) is 15.9 Å². The number of aromatic nitrogens is 2. The fourth-order valence-electron chi connectivity index (χ4n) is 1.38. The van der Waals surface area contributed by atoms with Crippen LogP contribution in [0.5, 0.6) is 0 Å². The van der Waals surface area contributed by atoms with E-state index >= 15 is 0 Å². The molecule has 1 aromatic heterocycles. The van der Waals surface area contributed by atoms with Crippen molar-refractivity contribution in [1.29, 1.82) is 5.26 Å². The lowest BCUT2D eigenvalue weighted by atomic mass is 10.2. The molecule has 1 heterocycles. The highest BCUT2D eigenvalue weighted by Gasteiger charge is 2.13. The summed E-state index contributed by atoms with van der Waals surface area (Å²) >= 11 is 11.4. The van der Waals surface area contributed by atoms with Crippen molar-refractivity contribution in [3.63, 3.8) is 0 Å². The van der Waals surface area contributed by atoms with Gasteiger partial charge in [0.05, 0.1) is 17.2 Å². The second kappa shape index (κ2) is 5.65. The zero-order chi connectivity index (χ0) is 13.8. The van der Waals surface area contributed by atoms with Crippen LogP contribution < -0.4 is 5.32 Å². The number of nitrogens with zero attached hydrogens (tertiary/aromatic N) is 3. The number of rotatable bonds is 2. The molecule has 0 radical (unpaired) electrons. The summed E-state index contributed by atoms with van der Waals surface area (Å²) in [6.07, 6.45) is 0. The number of amides is 1. The van der Waals surface area contributed by atoms with Gasteiger partial charge < -0.3 is 5.32 Å². The number of nitrogens with one attached hydrogen (secondary N) is 1. The molecule has 1 aromatic carbocycles. The monoisotopic (exact) mass is 292 g/mol. The van der Waals surface area contributed by atoms with Crippen molar-refractivity contribution in [2.75, 3.05) is 5.32 Å². The van der Waals surface area contributed by atoms with E-state index in [2.05, 4.69) is 15.5 Å². The van der Waals surface area contributed by atoms with Crippen molar-refractivity contribution in [3.05, 3.63) is 51.8 Å². The summed E-state index contributed by atoms with van der Waals surface area (Å²) in [7, 11) is 0. The quantitative estimate of drug-likeness (QED) is 0.923. The van der Waals surface area contributed by atoms with Crippen LogP contribution in [-0.2, 0) is 0 Å². The Hall–Kier alpha value is -2.16. The molecule has 0 aliphatic heterocycles. The van der Waals surface area contributed by atoms with Crippen molar-refractivity contribution < 1.29 is 4.79 Å². The van der Waals surface area contributed by atoms with Gasteiger partial charge in [-0.2, -0.15) is 5.26 Å². The third-order valence-corrected chi connectivity index (χ3v) is 2.68. The fraction of sp³-hybridized carbons (Fsp3) is 0. The smallest absolute Gasteiger partial charge is 0.258 e. The highest BCUT2D eigenvalue weighted by atomic mass is 35.5. The predicted octanol–water partition coefficient (Wildman–Crippen LogP) is 2.91. The Morgan fingerprint density at radius 2 is 2.05 bits per heavy atom. The minimum absolute atomic E-state index is 0.0432. The SMILES string of the molecule is N#Cc1cccc(NC(=O)c2cc(Cl)nnc2Cl)c1. The Morgan fingerprint density at radius 3 is 2.79 bits per heavy atom. The van der Waals surface area contributed by atoms with Crippen molar-refractivity contribution in [2.45, 2.75) is 0 Å². The number of nitriles is 1.